The summed E-state index contributed by atoms with van der Waals surface area (Å²) >= 11 is 6.25. The van der Waals surface area contributed by atoms with Crippen LogP contribution < -0.4 is 15.7 Å². The molecule has 3 aromatic rings. The van der Waals surface area contributed by atoms with Gasteiger partial charge >= 0.3 is 0 Å². The molecule has 0 atom stereocenters. The number of hydrogen-bond donors (Lipinski definition) is 2. The van der Waals surface area contributed by atoms with Crippen molar-refractivity contribution in [2.75, 3.05) is 5.43 Å². The van der Waals surface area contributed by atoms with Crippen molar-refractivity contribution in [3.05, 3.63) is 80.7 Å². The van der Waals surface area contributed by atoms with E-state index < -0.39 is 0 Å². The summed E-state index contributed by atoms with van der Waals surface area (Å²) < 4.78 is 5.73. The monoisotopic (exact) mass is 369 g/mol. The molecule has 8 heteroatoms. The van der Waals surface area contributed by atoms with Crippen molar-refractivity contribution in [2.24, 2.45) is 5.10 Å². The van der Waals surface area contributed by atoms with Crippen molar-refractivity contribution in [1.82, 2.24) is 15.2 Å². The van der Waals surface area contributed by atoms with Gasteiger partial charge in [-0.3, -0.25) is 9.78 Å². The Bertz CT molecular complexity index is 973. The average molecular weight is 370 g/mol. The molecule has 0 radical (unpaired) electrons. The molecule has 0 aliphatic carbocycles. The lowest BCUT2D eigenvalue weighted by atomic mass is 10.2. The van der Waals surface area contributed by atoms with E-state index in [4.69, 9.17) is 16.3 Å². The van der Waals surface area contributed by atoms with Crippen LogP contribution in [0.3, 0.4) is 0 Å². The van der Waals surface area contributed by atoms with Crippen LogP contribution in [0, 0.1) is 6.92 Å². The molecule has 7 nitrogen and oxygen atoms in total. The molecule has 3 rings (SSSR count). The number of aryl methyl sites for hydroxylation is 1. The molecule has 2 N–H and O–H groups in total. The zero-order valence-electron chi connectivity index (χ0n) is 13.9. The molecule has 0 aliphatic heterocycles. The maximum Gasteiger partial charge on any atom is 0.274 e. The first-order valence-electron chi connectivity index (χ1n) is 7.81. The summed E-state index contributed by atoms with van der Waals surface area (Å²) in [4.78, 5) is 14.0. The fraction of sp³-hybridized carbons (Fsp3) is 0.111. The number of H-pyrrole nitrogens is 1. The molecule has 26 heavy (non-hydrogen) atoms. The summed E-state index contributed by atoms with van der Waals surface area (Å²) in [6.45, 7) is 2.01. The Balaban J connectivity index is 1.61. The van der Waals surface area contributed by atoms with Crippen LogP contribution in [0.1, 0.15) is 16.8 Å². The number of hydrazone groups is 1. The molecule has 0 aliphatic rings. The SMILES string of the molecule is Cc1nnc(N/N=C/c2ccc(OCc3ccccc3)c(Cl)c2)[nH]c1=O. The number of rotatable bonds is 6. The molecule has 1 heterocycles. The number of anilines is 1. The van der Waals surface area contributed by atoms with Gasteiger partial charge in [0.25, 0.3) is 5.56 Å². The molecule has 0 saturated carbocycles. The third-order valence-corrected chi connectivity index (χ3v) is 3.73. The van der Waals surface area contributed by atoms with Crippen molar-refractivity contribution in [1.29, 1.82) is 0 Å². The molecule has 0 unspecified atom stereocenters. The number of aromatic amines is 1. The minimum atomic E-state index is -0.319. The number of ether oxygens (including phenoxy) is 1. The Morgan fingerprint density at radius 1 is 1.23 bits per heavy atom. The van der Waals surface area contributed by atoms with Crippen LogP contribution in [0.5, 0.6) is 5.75 Å². The quantitative estimate of drug-likeness (QED) is 0.514. The molecule has 2 aromatic carbocycles. The van der Waals surface area contributed by atoms with Crippen molar-refractivity contribution in [3.8, 4) is 5.75 Å². The maximum absolute atomic E-state index is 11.4. The highest BCUT2D eigenvalue weighted by Gasteiger charge is 2.03. The Morgan fingerprint density at radius 2 is 2.04 bits per heavy atom. The molecule has 0 fully saturated rings. The molecular formula is C18H16ClN5O2. The first kappa shape index (κ1) is 17.6. The van der Waals surface area contributed by atoms with Gasteiger partial charge in [-0.15, -0.1) is 10.2 Å². The summed E-state index contributed by atoms with van der Waals surface area (Å²) in [5.74, 6) is 0.750. The van der Waals surface area contributed by atoms with Gasteiger partial charge in [0, 0.05) is 0 Å². The number of benzene rings is 2. The van der Waals surface area contributed by atoms with Gasteiger partial charge in [-0.25, -0.2) is 5.43 Å². The second-order valence-electron chi connectivity index (χ2n) is 5.42. The molecule has 1 aromatic heterocycles. The smallest absolute Gasteiger partial charge is 0.274 e. The second-order valence-corrected chi connectivity index (χ2v) is 5.83. The van der Waals surface area contributed by atoms with Crippen LogP contribution in [0.2, 0.25) is 5.02 Å². The van der Waals surface area contributed by atoms with Gasteiger partial charge in [-0.05, 0) is 36.2 Å². The number of aromatic nitrogens is 3. The van der Waals surface area contributed by atoms with E-state index in [2.05, 4.69) is 25.7 Å². The fourth-order valence-corrected chi connectivity index (χ4v) is 2.30. The second kappa shape index (κ2) is 8.26. The number of nitrogens with one attached hydrogen (secondary N) is 2. The van der Waals surface area contributed by atoms with Gasteiger partial charge in [0.15, 0.2) is 0 Å². The number of hydrogen-bond acceptors (Lipinski definition) is 6. The zero-order chi connectivity index (χ0) is 18.4. The van der Waals surface area contributed by atoms with E-state index in [0.29, 0.717) is 17.4 Å². The minimum absolute atomic E-state index is 0.158. The van der Waals surface area contributed by atoms with E-state index in [1.807, 2.05) is 36.4 Å². The highest BCUT2D eigenvalue weighted by atomic mass is 35.5. The van der Waals surface area contributed by atoms with E-state index in [-0.39, 0.29) is 17.2 Å². The van der Waals surface area contributed by atoms with Crippen LogP contribution in [-0.2, 0) is 6.61 Å². The van der Waals surface area contributed by atoms with Crippen LogP contribution >= 0.6 is 11.6 Å². The predicted molar refractivity (Wildman–Crippen MR) is 101 cm³/mol. The molecule has 0 amide bonds. The van der Waals surface area contributed by atoms with Crippen LogP contribution in [-0.4, -0.2) is 21.4 Å². The lowest BCUT2D eigenvalue weighted by Gasteiger charge is -2.08. The van der Waals surface area contributed by atoms with Gasteiger partial charge in [0.05, 0.1) is 11.2 Å². The van der Waals surface area contributed by atoms with E-state index in [9.17, 15) is 4.79 Å². The highest BCUT2D eigenvalue weighted by molar-refractivity contribution is 6.32. The first-order valence-corrected chi connectivity index (χ1v) is 8.18. The van der Waals surface area contributed by atoms with Crippen LogP contribution in [0.25, 0.3) is 0 Å². The Hall–Kier alpha value is -3.19. The van der Waals surface area contributed by atoms with E-state index in [0.717, 1.165) is 11.1 Å². The predicted octanol–water partition coefficient (Wildman–Crippen LogP) is 3.15. The maximum atomic E-state index is 11.4. The fourth-order valence-electron chi connectivity index (χ4n) is 2.06. The largest absolute Gasteiger partial charge is 0.487 e. The Kier molecular flexibility index (Phi) is 5.60. The van der Waals surface area contributed by atoms with Crippen LogP contribution in [0.15, 0.2) is 58.4 Å². The number of halogens is 1. The normalized spacial score (nSPS) is 10.8. The third-order valence-electron chi connectivity index (χ3n) is 3.44. The summed E-state index contributed by atoms with van der Waals surface area (Å²) in [6, 6.07) is 15.2. The lowest BCUT2D eigenvalue weighted by Crippen LogP contribution is -2.15. The third kappa shape index (κ3) is 4.67. The van der Waals surface area contributed by atoms with Gasteiger partial charge in [-0.2, -0.15) is 5.10 Å². The van der Waals surface area contributed by atoms with E-state index in [1.165, 1.54) is 0 Å². The van der Waals surface area contributed by atoms with E-state index in [1.54, 1.807) is 25.3 Å². The molecule has 0 saturated heterocycles. The van der Waals surface area contributed by atoms with Gasteiger partial charge in [-0.1, -0.05) is 41.9 Å². The molecule has 132 valence electrons. The molecular weight excluding hydrogens is 354 g/mol. The summed E-state index contributed by atoms with van der Waals surface area (Å²) in [5, 5.41) is 12.0. The van der Waals surface area contributed by atoms with Crippen LogP contribution in [0.4, 0.5) is 5.95 Å². The van der Waals surface area contributed by atoms with Gasteiger partial charge < -0.3 is 4.74 Å². The van der Waals surface area contributed by atoms with Crippen molar-refractivity contribution < 1.29 is 4.74 Å². The van der Waals surface area contributed by atoms with Crippen molar-refractivity contribution in [3.63, 3.8) is 0 Å². The average Bonchev–Trinajstić information content (AvgIpc) is 2.65. The summed E-state index contributed by atoms with van der Waals surface area (Å²) in [5.41, 5.74) is 4.40. The first-order chi connectivity index (χ1) is 12.6. The number of nitrogens with zero attached hydrogens (tertiary/aromatic N) is 3. The van der Waals surface area contributed by atoms with E-state index >= 15 is 0 Å². The van der Waals surface area contributed by atoms with Gasteiger partial charge in [0.2, 0.25) is 5.95 Å². The standard InChI is InChI=1S/C18H16ClN5O2/c1-12-17(25)21-18(24-22-12)23-20-10-14-7-8-16(15(19)9-14)26-11-13-5-3-2-4-6-13/h2-10H,11H2,1H3,(H2,21,23,24,25)/b20-10+. The molecule has 0 spiro atoms. The lowest BCUT2D eigenvalue weighted by molar-refractivity contribution is 0.306. The molecule has 0 bridgehead atoms. The highest BCUT2D eigenvalue weighted by Crippen LogP contribution is 2.25. The topological polar surface area (TPSA) is 92.3 Å². The van der Waals surface area contributed by atoms with Crippen molar-refractivity contribution >= 4 is 23.8 Å². The Morgan fingerprint density at radius 3 is 2.77 bits per heavy atom. The van der Waals surface area contributed by atoms with Crippen molar-refractivity contribution in [2.45, 2.75) is 13.5 Å². The summed E-state index contributed by atoms with van der Waals surface area (Å²) in [6.07, 6.45) is 1.55. The zero-order valence-corrected chi connectivity index (χ0v) is 14.7. The summed E-state index contributed by atoms with van der Waals surface area (Å²) in [7, 11) is 0. The Labute approximate surface area is 154 Å². The van der Waals surface area contributed by atoms with Gasteiger partial charge in [0.1, 0.15) is 18.1 Å². The minimum Gasteiger partial charge on any atom is -0.487 e.